The van der Waals surface area contributed by atoms with Crippen LogP contribution < -0.4 is 4.90 Å². The molecule has 0 radical (unpaired) electrons. The number of halogens is 3. The van der Waals surface area contributed by atoms with Gasteiger partial charge in [-0.3, -0.25) is 9.59 Å². The van der Waals surface area contributed by atoms with Crippen LogP contribution in [0.4, 0.5) is 14.5 Å². The molecule has 0 atom stereocenters. The van der Waals surface area contributed by atoms with Crippen molar-refractivity contribution in [2.24, 2.45) is 0 Å². The summed E-state index contributed by atoms with van der Waals surface area (Å²) in [6.45, 7) is 0. The maximum atomic E-state index is 14.3. The van der Waals surface area contributed by atoms with Crippen LogP contribution >= 0.6 is 34.7 Å². The first-order valence-corrected chi connectivity index (χ1v) is 10.1. The number of anilines is 1. The summed E-state index contributed by atoms with van der Waals surface area (Å²) >= 11 is 8.31. The highest BCUT2D eigenvalue weighted by Crippen LogP contribution is 2.43. The van der Waals surface area contributed by atoms with E-state index in [1.165, 1.54) is 11.3 Å². The van der Waals surface area contributed by atoms with E-state index in [1.807, 2.05) is 0 Å². The molecule has 2 aromatic carbocycles. The van der Waals surface area contributed by atoms with Crippen molar-refractivity contribution in [3.05, 3.63) is 86.4 Å². The lowest BCUT2D eigenvalue weighted by atomic mass is 10.2. The zero-order valence-electron chi connectivity index (χ0n) is 14.0. The summed E-state index contributed by atoms with van der Waals surface area (Å²) in [6, 6.07) is 13.0. The molecule has 8 heteroatoms. The third-order valence-electron chi connectivity index (χ3n) is 3.99. The van der Waals surface area contributed by atoms with Gasteiger partial charge >= 0.3 is 0 Å². The van der Waals surface area contributed by atoms with Crippen molar-refractivity contribution in [3.8, 4) is 0 Å². The number of thioether (sulfide) groups is 1. The highest BCUT2D eigenvalue weighted by Gasteiger charge is 2.42. The van der Waals surface area contributed by atoms with E-state index < -0.39 is 23.4 Å². The molecule has 0 fully saturated rings. The Morgan fingerprint density at radius 1 is 0.964 bits per heavy atom. The van der Waals surface area contributed by atoms with E-state index in [-0.39, 0.29) is 16.2 Å². The lowest BCUT2D eigenvalue weighted by Gasteiger charge is -2.15. The predicted molar refractivity (Wildman–Crippen MR) is 107 cm³/mol. The molecule has 0 spiro atoms. The standard InChI is InChI=1S/C20H10ClF2NO2S2/c21-11-3-6-13(7-4-11)28-18-17(16-2-1-9-27-16)19(25)24(20(18)26)15-8-5-12(22)10-14(15)23/h1-10H. The Hall–Kier alpha value is -2.48. The van der Waals surface area contributed by atoms with Gasteiger partial charge in [0.15, 0.2) is 0 Å². The molecule has 2 amide bonds. The highest BCUT2D eigenvalue weighted by atomic mass is 35.5. The van der Waals surface area contributed by atoms with Gasteiger partial charge in [-0.05, 0) is 47.8 Å². The third-order valence-corrected chi connectivity index (χ3v) is 6.22. The van der Waals surface area contributed by atoms with Gasteiger partial charge in [0, 0.05) is 20.9 Å². The number of amides is 2. The number of hydrogen-bond acceptors (Lipinski definition) is 4. The van der Waals surface area contributed by atoms with Crippen LogP contribution in [0.5, 0.6) is 0 Å². The Labute approximate surface area is 172 Å². The number of rotatable bonds is 4. The van der Waals surface area contributed by atoms with E-state index in [4.69, 9.17) is 11.6 Å². The summed E-state index contributed by atoms with van der Waals surface area (Å²) in [5.74, 6) is -3.07. The number of carbonyl (C=O) groups is 2. The Morgan fingerprint density at radius 3 is 2.36 bits per heavy atom. The molecular weight excluding hydrogens is 424 g/mol. The summed E-state index contributed by atoms with van der Waals surface area (Å²) in [5.41, 5.74) is -0.0826. The average Bonchev–Trinajstić information content (AvgIpc) is 3.25. The van der Waals surface area contributed by atoms with Crippen LogP contribution in [-0.2, 0) is 9.59 Å². The second-order valence-corrected chi connectivity index (χ2v) is 8.25. The maximum absolute atomic E-state index is 14.3. The molecule has 3 nitrogen and oxygen atoms in total. The van der Waals surface area contributed by atoms with Crippen molar-refractivity contribution < 1.29 is 18.4 Å². The lowest BCUT2D eigenvalue weighted by molar-refractivity contribution is -0.119. The van der Waals surface area contributed by atoms with Crippen LogP contribution in [0.2, 0.25) is 5.02 Å². The maximum Gasteiger partial charge on any atom is 0.273 e. The first-order chi connectivity index (χ1) is 13.5. The molecule has 2 heterocycles. The molecular formula is C20H10ClF2NO2S2. The number of hydrogen-bond donors (Lipinski definition) is 0. The highest BCUT2D eigenvalue weighted by molar-refractivity contribution is 8.04. The summed E-state index contributed by atoms with van der Waals surface area (Å²) in [7, 11) is 0. The fourth-order valence-electron chi connectivity index (χ4n) is 2.74. The minimum Gasteiger partial charge on any atom is -0.268 e. The van der Waals surface area contributed by atoms with Gasteiger partial charge in [0.05, 0.1) is 16.2 Å². The van der Waals surface area contributed by atoms with Gasteiger partial charge in [-0.25, -0.2) is 13.7 Å². The topological polar surface area (TPSA) is 37.4 Å². The number of benzene rings is 2. The normalized spacial score (nSPS) is 14.3. The molecule has 0 N–H and O–H groups in total. The van der Waals surface area contributed by atoms with Crippen LogP contribution in [-0.4, -0.2) is 11.8 Å². The van der Waals surface area contributed by atoms with Gasteiger partial charge in [-0.15, -0.1) is 11.3 Å². The van der Waals surface area contributed by atoms with Crippen molar-refractivity contribution in [1.29, 1.82) is 0 Å². The summed E-state index contributed by atoms with van der Waals surface area (Å²) in [5, 5.41) is 2.33. The van der Waals surface area contributed by atoms with Crippen LogP contribution in [0.25, 0.3) is 5.57 Å². The molecule has 0 bridgehead atoms. The molecule has 0 saturated heterocycles. The number of nitrogens with zero attached hydrogens (tertiary/aromatic N) is 1. The molecule has 1 aromatic heterocycles. The minimum atomic E-state index is -0.982. The summed E-state index contributed by atoms with van der Waals surface area (Å²) in [6.07, 6.45) is 0. The van der Waals surface area contributed by atoms with Gasteiger partial charge in [-0.1, -0.05) is 29.4 Å². The van der Waals surface area contributed by atoms with Crippen molar-refractivity contribution in [2.75, 3.05) is 4.90 Å². The molecule has 0 saturated carbocycles. The van der Waals surface area contributed by atoms with Crippen molar-refractivity contribution in [3.63, 3.8) is 0 Å². The van der Waals surface area contributed by atoms with Crippen molar-refractivity contribution in [2.45, 2.75) is 4.90 Å². The smallest absolute Gasteiger partial charge is 0.268 e. The third kappa shape index (κ3) is 3.37. The predicted octanol–water partition coefficient (Wildman–Crippen LogP) is 5.76. The molecule has 0 unspecified atom stereocenters. The quantitative estimate of drug-likeness (QED) is 0.491. The van der Waals surface area contributed by atoms with Gasteiger partial charge in [-0.2, -0.15) is 0 Å². The van der Waals surface area contributed by atoms with E-state index in [0.717, 1.165) is 28.8 Å². The fraction of sp³-hybridized carbons (Fsp3) is 0. The first kappa shape index (κ1) is 18.9. The number of carbonyl (C=O) groups excluding carboxylic acids is 2. The Kier molecular flexibility index (Phi) is 5.05. The zero-order valence-corrected chi connectivity index (χ0v) is 16.4. The molecule has 3 aromatic rings. The fourth-order valence-corrected chi connectivity index (χ4v) is 4.69. The first-order valence-electron chi connectivity index (χ1n) is 8.01. The number of thiophene rings is 1. The van der Waals surface area contributed by atoms with E-state index in [2.05, 4.69) is 0 Å². The lowest BCUT2D eigenvalue weighted by Crippen LogP contribution is -2.32. The second-order valence-electron chi connectivity index (χ2n) is 5.78. The molecule has 4 rings (SSSR count). The summed E-state index contributed by atoms with van der Waals surface area (Å²) in [4.78, 5) is 28.4. The molecule has 28 heavy (non-hydrogen) atoms. The van der Waals surface area contributed by atoms with Crippen LogP contribution in [0, 0.1) is 11.6 Å². The monoisotopic (exact) mass is 433 g/mol. The average molecular weight is 434 g/mol. The van der Waals surface area contributed by atoms with E-state index in [1.54, 1.807) is 41.8 Å². The van der Waals surface area contributed by atoms with Crippen LogP contribution in [0.15, 0.2) is 69.8 Å². The van der Waals surface area contributed by atoms with E-state index in [9.17, 15) is 18.4 Å². The van der Waals surface area contributed by atoms with Gasteiger partial charge in [0.1, 0.15) is 11.6 Å². The summed E-state index contributed by atoms with van der Waals surface area (Å²) < 4.78 is 27.6. The van der Waals surface area contributed by atoms with Gasteiger partial charge < -0.3 is 0 Å². The van der Waals surface area contributed by atoms with Crippen LogP contribution in [0.1, 0.15) is 4.88 Å². The molecule has 140 valence electrons. The second kappa shape index (κ2) is 7.50. The SMILES string of the molecule is O=C1C(Sc2ccc(Cl)cc2)=C(c2cccs2)C(=O)N1c1ccc(F)cc1F. The van der Waals surface area contributed by atoms with E-state index in [0.29, 0.717) is 20.9 Å². The molecule has 1 aliphatic heterocycles. The van der Waals surface area contributed by atoms with E-state index >= 15 is 0 Å². The molecule has 1 aliphatic rings. The van der Waals surface area contributed by atoms with Gasteiger partial charge in [0.25, 0.3) is 11.8 Å². The largest absolute Gasteiger partial charge is 0.273 e. The Balaban J connectivity index is 1.80. The number of imide groups is 1. The van der Waals surface area contributed by atoms with Gasteiger partial charge in [0.2, 0.25) is 0 Å². The van der Waals surface area contributed by atoms with Crippen molar-refractivity contribution in [1.82, 2.24) is 0 Å². The molecule has 0 aliphatic carbocycles. The Morgan fingerprint density at radius 2 is 1.71 bits per heavy atom. The van der Waals surface area contributed by atoms with Crippen molar-refractivity contribution >= 4 is 57.8 Å². The zero-order chi connectivity index (χ0) is 19.8. The Bertz CT molecular complexity index is 1110. The van der Waals surface area contributed by atoms with Crippen LogP contribution in [0.3, 0.4) is 0 Å². The minimum absolute atomic E-state index is 0.179.